The number of aromatic nitrogens is 3. The Morgan fingerprint density at radius 1 is 0.820 bits per heavy atom. The van der Waals surface area contributed by atoms with Crippen LogP contribution in [0.5, 0.6) is 0 Å². The van der Waals surface area contributed by atoms with Gasteiger partial charge in [-0.3, -0.25) is 19.3 Å². The van der Waals surface area contributed by atoms with Crippen molar-refractivity contribution in [2.24, 2.45) is 17.4 Å². The van der Waals surface area contributed by atoms with Crippen LogP contribution in [0.4, 0.5) is 47.6 Å². The zero-order valence-corrected chi connectivity index (χ0v) is 33.5. The molecular weight excluding hydrogens is 788 g/mol. The number of nitrogens with two attached hydrogens (primary N) is 2. The van der Waals surface area contributed by atoms with Gasteiger partial charge in [0.2, 0.25) is 5.91 Å². The number of fused-ring (bicyclic) bond motifs is 2. The van der Waals surface area contributed by atoms with Crippen molar-refractivity contribution in [2.45, 2.75) is 38.4 Å². The van der Waals surface area contributed by atoms with Crippen molar-refractivity contribution >= 4 is 52.1 Å². The quantitative estimate of drug-likeness (QED) is 0.101. The summed E-state index contributed by atoms with van der Waals surface area (Å²) >= 11 is 0. The van der Waals surface area contributed by atoms with Crippen LogP contribution in [0, 0.1) is 5.92 Å². The van der Waals surface area contributed by atoms with Gasteiger partial charge in [0.15, 0.2) is 0 Å². The maximum Gasteiger partial charge on any atom is 0.416 e. The van der Waals surface area contributed by atoms with Crippen LogP contribution in [0.25, 0.3) is 11.3 Å². The summed E-state index contributed by atoms with van der Waals surface area (Å²) in [5, 5.41) is 13.8. The van der Waals surface area contributed by atoms with E-state index in [1.54, 1.807) is 16.8 Å². The van der Waals surface area contributed by atoms with Crippen LogP contribution in [0.2, 0.25) is 0 Å². The number of nitrogens with one attached hydrogen (secondary N) is 3. The van der Waals surface area contributed by atoms with E-state index in [1.165, 1.54) is 17.8 Å². The predicted molar refractivity (Wildman–Crippen MR) is 229 cm³/mol. The predicted octanol–water partition coefficient (Wildman–Crippen LogP) is 5.94. The molecule has 3 amide bonds. The molecule has 17 heteroatoms. The number of carbonyl (C=O) groups is 3. The molecule has 3 aliphatic heterocycles. The molecule has 5 aromatic rings. The number of primary amides is 2. The molecule has 0 atom stereocenters. The molecule has 8 rings (SSSR count). The highest BCUT2D eigenvalue weighted by Crippen LogP contribution is 2.36. The van der Waals surface area contributed by atoms with E-state index in [-0.39, 0.29) is 22.9 Å². The van der Waals surface area contributed by atoms with Crippen molar-refractivity contribution in [3.8, 4) is 11.3 Å². The third kappa shape index (κ3) is 9.56. The van der Waals surface area contributed by atoms with Gasteiger partial charge in [-0.15, -0.1) is 0 Å². The van der Waals surface area contributed by atoms with Crippen LogP contribution >= 0.6 is 0 Å². The van der Waals surface area contributed by atoms with Gasteiger partial charge in [-0.1, -0.05) is 12.1 Å². The first-order chi connectivity index (χ1) is 29.4. The largest absolute Gasteiger partial charge is 0.416 e. The molecule has 0 saturated carbocycles. The molecule has 0 bridgehead atoms. The SMILES string of the molecule is NC(=O)CCNc1ccc(N2CCC(CN3CCN(c4ccc5c(c4)CCn4nc(-c6ccc(C(=O)Nc7cc(C(F)(F)F)ccn7)cc6)c(C(N)=O)c4N5)CC3)CC2)cc1. The summed E-state index contributed by atoms with van der Waals surface area (Å²) in [6, 6.07) is 22.6. The highest BCUT2D eigenvalue weighted by Gasteiger charge is 2.31. The number of benzene rings is 3. The molecule has 0 unspecified atom stereocenters. The van der Waals surface area contributed by atoms with Crippen LogP contribution in [0.3, 0.4) is 0 Å². The third-order valence-corrected chi connectivity index (χ3v) is 11.7. The number of carbonyl (C=O) groups excluding carboxylic acids is 3. The number of hydrogen-bond acceptors (Lipinski definition) is 10. The fraction of sp³-hybridized carbons (Fsp3) is 0.341. The Morgan fingerprint density at radius 2 is 1.52 bits per heavy atom. The zero-order chi connectivity index (χ0) is 42.7. The fourth-order valence-electron chi connectivity index (χ4n) is 8.34. The Balaban J connectivity index is 0.847. The van der Waals surface area contributed by atoms with E-state index in [2.05, 4.69) is 72.0 Å². The number of rotatable bonds is 12. The second-order valence-electron chi connectivity index (χ2n) is 15.7. The Hall–Kier alpha value is -6.62. The van der Waals surface area contributed by atoms with Crippen molar-refractivity contribution < 1.29 is 27.6 Å². The minimum atomic E-state index is -4.57. The summed E-state index contributed by atoms with van der Waals surface area (Å²) in [4.78, 5) is 48.1. The number of halogens is 3. The maximum atomic E-state index is 13.1. The Labute approximate surface area is 351 Å². The second-order valence-corrected chi connectivity index (χ2v) is 15.7. The number of aryl methyl sites for hydroxylation is 2. The molecule has 318 valence electrons. The molecule has 14 nitrogen and oxygen atoms in total. The summed E-state index contributed by atoms with van der Waals surface area (Å²) in [5.74, 6) is -0.701. The van der Waals surface area contributed by atoms with Crippen molar-refractivity contribution in [3.05, 3.63) is 107 Å². The second kappa shape index (κ2) is 17.5. The third-order valence-electron chi connectivity index (χ3n) is 11.7. The molecule has 3 aliphatic rings. The summed E-state index contributed by atoms with van der Waals surface area (Å²) in [6.45, 7) is 8.07. The van der Waals surface area contributed by atoms with Gasteiger partial charge in [0.25, 0.3) is 11.8 Å². The molecule has 2 fully saturated rings. The van der Waals surface area contributed by atoms with Gasteiger partial charge in [0.1, 0.15) is 22.9 Å². The van der Waals surface area contributed by atoms with Gasteiger partial charge in [-0.2, -0.15) is 18.3 Å². The van der Waals surface area contributed by atoms with E-state index in [9.17, 15) is 27.6 Å². The number of pyridine rings is 1. The molecule has 0 radical (unpaired) electrons. The van der Waals surface area contributed by atoms with Crippen LogP contribution in [0.1, 0.15) is 51.1 Å². The minimum absolute atomic E-state index is 0.180. The van der Waals surface area contributed by atoms with Crippen LogP contribution in [0.15, 0.2) is 85.1 Å². The van der Waals surface area contributed by atoms with Crippen molar-refractivity contribution in [1.29, 1.82) is 0 Å². The molecule has 5 heterocycles. The monoisotopic (exact) mass is 835 g/mol. The lowest BCUT2D eigenvalue weighted by Crippen LogP contribution is -2.49. The smallest absolute Gasteiger partial charge is 0.385 e. The number of alkyl halides is 3. The van der Waals surface area contributed by atoms with Gasteiger partial charge < -0.3 is 37.2 Å². The van der Waals surface area contributed by atoms with E-state index in [4.69, 9.17) is 16.6 Å². The number of hydrogen-bond donors (Lipinski definition) is 5. The Morgan fingerprint density at radius 3 is 2.21 bits per heavy atom. The highest BCUT2D eigenvalue weighted by atomic mass is 19.4. The van der Waals surface area contributed by atoms with E-state index in [0.29, 0.717) is 48.9 Å². The Kier molecular flexibility index (Phi) is 11.8. The zero-order valence-electron chi connectivity index (χ0n) is 33.5. The average Bonchev–Trinajstić information content (AvgIpc) is 3.52. The summed E-state index contributed by atoms with van der Waals surface area (Å²) in [6.07, 6.45) is -0.298. The molecule has 3 aromatic carbocycles. The van der Waals surface area contributed by atoms with Gasteiger partial charge >= 0.3 is 6.18 Å². The number of piperazine rings is 1. The first-order valence-electron chi connectivity index (χ1n) is 20.5. The normalized spacial score (nSPS) is 15.9. The minimum Gasteiger partial charge on any atom is -0.385 e. The molecular formula is C44H48F3N11O3. The van der Waals surface area contributed by atoms with Crippen molar-refractivity contribution in [1.82, 2.24) is 19.7 Å². The van der Waals surface area contributed by atoms with Crippen LogP contribution in [-0.2, 0) is 23.9 Å². The van der Waals surface area contributed by atoms with E-state index >= 15 is 0 Å². The summed E-state index contributed by atoms with van der Waals surface area (Å²) < 4.78 is 41.1. The average molecular weight is 836 g/mol. The molecule has 0 spiro atoms. The maximum absolute atomic E-state index is 13.1. The topological polar surface area (TPSA) is 180 Å². The highest BCUT2D eigenvalue weighted by molar-refractivity contribution is 6.06. The first-order valence-corrected chi connectivity index (χ1v) is 20.5. The molecule has 7 N–H and O–H groups in total. The standard InChI is InChI=1S/C44H48F3N11O3/c45-44(46,47)32-11-16-51-38(26-32)53-43(61)30-3-1-29(2-4-30)40-39(41(49)60)42-52-36-10-9-35(25-31(36)15-20-58(42)54-40)57-23-21-55(22-24-57)27-28-13-18-56(19-14-28)34-7-5-33(6-8-34)50-17-12-37(48)59/h1-11,16,25-26,28,50,52H,12-15,17-24,27H2,(H2,48,59)(H2,49,60)(H,51,53,61). The van der Waals surface area contributed by atoms with Crippen LogP contribution in [-0.4, -0.2) is 89.7 Å². The van der Waals surface area contributed by atoms with E-state index < -0.39 is 23.6 Å². The lowest BCUT2D eigenvalue weighted by molar-refractivity contribution is -0.137. The van der Waals surface area contributed by atoms with Gasteiger partial charge in [-0.25, -0.2) is 9.67 Å². The molecule has 0 aliphatic carbocycles. The van der Waals surface area contributed by atoms with E-state index in [0.717, 1.165) is 99.6 Å². The molecule has 2 aromatic heterocycles. The molecule has 2 saturated heterocycles. The fourth-order valence-corrected chi connectivity index (χ4v) is 8.34. The lowest BCUT2D eigenvalue weighted by atomic mass is 9.95. The van der Waals surface area contributed by atoms with Crippen LogP contribution < -0.4 is 37.2 Å². The first kappa shape index (κ1) is 41.1. The summed E-state index contributed by atoms with van der Waals surface area (Å²) in [5.41, 5.74) is 16.9. The van der Waals surface area contributed by atoms with Gasteiger partial charge in [0, 0.05) is 105 Å². The Bertz CT molecular complexity index is 2390. The van der Waals surface area contributed by atoms with Gasteiger partial charge in [-0.05, 0) is 97.5 Å². The summed E-state index contributed by atoms with van der Waals surface area (Å²) in [7, 11) is 0. The number of piperidine rings is 1. The van der Waals surface area contributed by atoms with E-state index in [1.807, 2.05) is 6.07 Å². The number of amides is 3. The number of nitrogens with zero attached hydrogens (tertiary/aromatic N) is 6. The van der Waals surface area contributed by atoms with Gasteiger partial charge in [0.05, 0.1) is 5.56 Å². The van der Waals surface area contributed by atoms with Crippen molar-refractivity contribution in [3.63, 3.8) is 0 Å². The molecule has 61 heavy (non-hydrogen) atoms. The lowest BCUT2D eigenvalue weighted by Gasteiger charge is -2.40. The van der Waals surface area contributed by atoms with Crippen molar-refractivity contribution in [2.75, 3.05) is 78.1 Å². The number of anilines is 6.